The fourth-order valence-electron chi connectivity index (χ4n) is 1.30. The highest BCUT2D eigenvalue weighted by Crippen LogP contribution is 2.22. The molecule has 1 aromatic heterocycles. The standard InChI is InChI=1S/C11H6F2N4/c12-8-1-2-10(13)9(3-8)7-4-15-11(16-5-7)17-6-14/h1-5H,(H,15,16,17). The summed E-state index contributed by atoms with van der Waals surface area (Å²) in [5.74, 6) is -0.996. The van der Waals surface area contributed by atoms with Crippen LogP contribution in [0.1, 0.15) is 0 Å². The monoisotopic (exact) mass is 232 g/mol. The highest BCUT2D eigenvalue weighted by atomic mass is 19.1. The van der Waals surface area contributed by atoms with Crippen LogP contribution in [0.25, 0.3) is 11.1 Å². The zero-order valence-corrected chi connectivity index (χ0v) is 8.48. The summed E-state index contributed by atoms with van der Waals surface area (Å²) in [7, 11) is 0. The minimum atomic E-state index is -0.559. The Hall–Kier alpha value is -2.55. The molecule has 0 aliphatic rings. The van der Waals surface area contributed by atoms with E-state index in [0.29, 0.717) is 5.56 Å². The molecule has 2 rings (SSSR count). The first-order chi connectivity index (χ1) is 8.20. The van der Waals surface area contributed by atoms with E-state index in [9.17, 15) is 8.78 Å². The average molecular weight is 232 g/mol. The number of benzene rings is 1. The normalized spacial score (nSPS) is 9.71. The minimum absolute atomic E-state index is 0.0773. The molecule has 0 bridgehead atoms. The van der Waals surface area contributed by atoms with Crippen LogP contribution in [0.5, 0.6) is 0 Å². The number of nitrogens with one attached hydrogen (secondary N) is 1. The van der Waals surface area contributed by atoms with E-state index in [0.717, 1.165) is 18.2 Å². The van der Waals surface area contributed by atoms with Gasteiger partial charge in [-0.05, 0) is 18.2 Å². The van der Waals surface area contributed by atoms with Crippen LogP contribution >= 0.6 is 0 Å². The molecule has 0 unspecified atom stereocenters. The molecule has 6 heteroatoms. The lowest BCUT2D eigenvalue weighted by atomic mass is 10.1. The number of anilines is 1. The lowest BCUT2D eigenvalue weighted by molar-refractivity contribution is 0.603. The van der Waals surface area contributed by atoms with Crippen molar-refractivity contribution in [3.63, 3.8) is 0 Å². The highest BCUT2D eigenvalue weighted by molar-refractivity contribution is 5.62. The molecule has 0 aliphatic heterocycles. The Kier molecular flexibility index (Phi) is 2.92. The molecule has 1 heterocycles. The number of hydrogen-bond donors (Lipinski definition) is 1. The van der Waals surface area contributed by atoms with Crippen LogP contribution in [0.4, 0.5) is 14.7 Å². The Balaban J connectivity index is 2.40. The van der Waals surface area contributed by atoms with Crippen molar-refractivity contribution in [1.82, 2.24) is 9.97 Å². The Morgan fingerprint density at radius 3 is 2.53 bits per heavy atom. The molecule has 0 fully saturated rings. The Labute approximate surface area is 95.6 Å². The highest BCUT2D eigenvalue weighted by Gasteiger charge is 2.07. The van der Waals surface area contributed by atoms with Gasteiger partial charge in [-0.15, -0.1) is 0 Å². The van der Waals surface area contributed by atoms with E-state index in [-0.39, 0.29) is 11.5 Å². The van der Waals surface area contributed by atoms with Crippen molar-refractivity contribution in [3.8, 4) is 17.3 Å². The minimum Gasteiger partial charge on any atom is -0.261 e. The molecule has 0 aliphatic carbocycles. The predicted molar refractivity (Wildman–Crippen MR) is 56.6 cm³/mol. The summed E-state index contributed by atoms with van der Waals surface area (Å²) in [5.41, 5.74) is 0.416. The second kappa shape index (κ2) is 4.53. The number of nitrogens with zero attached hydrogens (tertiary/aromatic N) is 3. The number of nitriles is 1. The SMILES string of the molecule is N#CNc1ncc(-c2cc(F)ccc2F)cn1. The first kappa shape index (κ1) is 11.0. The van der Waals surface area contributed by atoms with Crippen LogP contribution in [-0.2, 0) is 0 Å². The molecule has 1 N–H and O–H groups in total. The number of halogens is 2. The van der Waals surface area contributed by atoms with E-state index >= 15 is 0 Å². The van der Waals surface area contributed by atoms with Gasteiger partial charge in [0.05, 0.1) is 0 Å². The molecule has 0 saturated heterocycles. The lowest BCUT2D eigenvalue weighted by Crippen LogP contribution is -1.96. The van der Waals surface area contributed by atoms with Crippen molar-refractivity contribution in [3.05, 3.63) is 42.2 Å². The number of rotatable bonds is 2. The second-order valence-corrected chi connectivity index (χ2v) is 3.16. The van der Waals surface area contributed by atoms with Crippen LogP contribution in [0.2, 0.25) is 0 Å². The van der Waals surface area contributed by atoms with Crippen molar-refractivity contribution in [2.75, 3.05) is 5.32 Å². The van der Waals surface area contributed by atoms with Crippen molar-refractivity contribution in [2.45, 2.75) is 0 Å². The van der Waals surface area contributed by atoms with Gasteiger partial charge in [-0.1, -0.05) is 0 Å². The Morgan fingerprint density at radius 1 is 1.18 bits per heavy atom. The molecule has 0 atom stereocenters. The zero-order valence-electron chi connectivity index (χ0n) is 8.48. The van der Waals surface area contributed by atoms with Crippen LogP contribution in [0, 0.1) is 23.1 Å². The average Bonchev–Trinajstić information content (AvgIpc) is 2.34. The largest absolute Gasteiger partial charge is 0.261 e. The summed E-state index contributed by atoms with van der Waals surface area (Å²) in [5, 5.41) is 10.6. The molecular weight excluding hydrogens is 226 g/mol. The maximum atomic E-state index is 13.4. The van der Waals surface area contributed by atoms with Gasteiger partial charge in [-0.2, -0.15) is 5.26 Å². The molecule has 4 nitrogen and oxygen atoms in total. The van der Waals surface area contributed by atoms with Crippen LogP contribution in [0.3, 0.4) is 0 Å². The second-order valence-electron chi connectivity index (χ2n) is 3.16. The smallest absolute Gasteiger partial charge is 0.236 e. The summed E-state index contributed by atoms with van der Waals surface area (Å²) in [6.07, 6.45) is 4.27. The molecule has 84 valence electrons. The summed E-state index contributed by atoms with van der Waals surface area (Å²) >= 11 is 0. The van der Waals surface area contributed by atoms with Crippen molar-refractivity contribution in [2.24, 2.45) is 0 Å². The Bertz CT molecular complexity index is 575. The molecule has 0 amide bonds. The quantitative estimate of drug-likeness (QED) is 0.637. The van der Waals surface area contributed by atoms with Crippen molar-refractivity contribution < 1.29 is 8.78 Å². The van der Waals surface area contributed by atoms with Crippen LogP contribution < -0.4 is 5.32 Å². The van der Waals surface area contributed by atoms with E-state index in [4.69, 9.17) is 5.26 Å². The molecule has 0 saturated carbocycles. The number of aromatic nitrogens is 2. The van der Waals surface area contributed by atoms with E-state index in [2.05, 4.69) is 15.3 Å². The molecule has 0 radical (unpaired) electrons. The fraction of sp³-hybridized carbons (Fsp3) is 0. The summed E-state index contributed by atoms with van der Waals surface area (Å²) < 4.78 is 26.4. The molecule has 0 spiro atoms. The molecule has 2 aromatic rings. The van der Waals surface area contributed by atoms with Gasteiger partial charge < -0.3 is 0 Å². The maximum absolute atomic E-state index is 13.4. The Morgan fingerprint density at radius 2 is 1.88 bits per heavy atom. The van der Waals surface area contributed by atoms with Gasteiger partial charge >= 0.3 is 0 Å². The van der Waals surface area contributed by atoms with E-state index in [1.807, 2.05) is 0 Å². The van der Waals surface area contributed by atoms with Crippen molar-refractivity contribution in [1.29, 1.82) is 5.26 Å². The van der Waals surface area contributed by atoms with E-state index in [1.165, 1.54) is 12.4 Å². The third-order valence-electron chi connectivity index (χ3n) is 2.06. The van der Waals surface area contributed by atoms with Crippen molar-refractivity contribution >= 4 is 5.95 Å². The van der Waals surface area contributed by atoms with Gasteiger partial charge in [0.25, 0.3) is 0 Å². The van der Waals surface area contributed by atoms with E-state index in [1.54, 1.807) is 6.19 Å². The van der Waals surface area contributed by atoms with Gasteiger partial charge in [0.15, 0.2) is 6.19 Å². The summed E-state index contributed by atoms with van der Waals surface area (Å²) in [4.78, 5) is 7.56. The molecule has 17 heavy (non-hydrogen) atoms. The topological polar surface area (TPSA) is 61.6 Å². The van der Waals surface area contributed by atoms with Gasteiger partial charge in [0.1, 0.15) is 11.6 Å². The number of hydrogen-bond acceptors (Lipinski definition) is 4. The van der Waals surface area contributed by atoms with Gasteiger partial charge in [0.2, 0.25) is 5.95 Å². The zero-order chi connectivity index (χ0) is 12.3. The fourth-order valence-corrected chi connectivity index (χ4v) is 1.30. The summed E-state index contributed by atoms with van der Waals surface area (Å²) in [6, 6.07) is 3.13. The lowest BCUT2D eigenvalue weighted by Gasteiger charge is -2.03. The van der Waals surface area contributed by atoms with Crippen LogP contribution in [-0.4, -0.2) is 9.97 Å². The molecule has 1 aromatic carbocycles. The maximum Gasteiger partial charge on any atom is 0.236 e. The first-order valence-corrected chi connectivity index (χ1v) is 4.63. The van der Waals surface area contributed by atoms with Crippen LogP contribution in [0.15, 0.2) is 30.6 Å². The van der Waals surface area contributed by atoms with E-state index < -0.39 is 11.6 Å². The van der Waals surface area contributed by atoms with Gasteiger partial charge in [-0.3, -0.25) is 5.32 Å². The molecular formula is C11H6F2N4. The van der Waals surface area contributed by atoms with Gasteiger partial charge in [-0.25, -0.2) is 18.7 Å². The third kappa shape index (κ3) is 2.34. The third-order valence-corrected chi connectivity index (χ3v) is 2.06. The summed E-state index contributed by atoms with van der Waals surface area (Å²) in [6.45, 7) is 0. The van der Waals surface area contributed by atoms with Gasteiger partial charge in [0, 0.05) is 23.5 Å². The predicted octanol–water partition coefficient (Wildman–Crippen LogP) is 2.31. The first-order valence-electron chi connectivity index (χ1n) is 4.63.